The van der Waals surface area contributed by atoms with Gasteiger partial charge in [0, 0.05) is 7.05 Å². The number of hydroxylamine groups is 2. The first-order chi connectivity index (χ1) is 6.11. The quantitative estimate of drug-likeness (QED) is 0.284. The fraction of sp³-hybridized carbons (Fsp3) is 0.667. The summed E-state index contributed by atoms with van der Waals surface area (Å²) in [6, 6.07) is 0. The Morgan fingerprint density at radius 2 is 2.15 bits per heavy atom. The maximum Gasteiger partial charge on any atom is 0.207 e. The van der Waals surface area contributed by atoms with Gasteiger partial charge in [-0.15, -0.1) is 0 Å². The van der Waals surface area contributed by atoms with Crippen LogP contribution in [0.4, 0.5) is 0 Å². The van der Waals surface area contributed by atoms with Gasteiger partial charge in [0.25, 0.3) is 0 Å². The zero-order valence-corrected chi connectivity index (χ0v) is 8.83. The fourth-order valence-corrected chi connectivity index (χ4v) is 0.618. The highest BCUT2D eigenvalue weighted by molar-refractivity contribution is 5.79. The summed E-state index contributed by atoms with van der Waals surface area (Å²) in [6.45, 7) is 8.15. The molecule has 0 radical (unpaired) electrons. The summed E-state index contributed by atoms with van der Waals surface area (Å²) in [6.07, 6.45) is 0.975. The van der Waals surface area contributed by atoms with Gasteiger partial charge in [-0.3, -0.25) is 4.84 Å². The van der Waals surface area contributed by atoms with Crippen LogP contribution in [0.25, 0.3) is 0 Å². The van der Waals surface area contributed by atoms with Gasteiger partial charge < -0.3 is 4.74 Å². The molecule has 0 aromatic heterocycles. The molecule has 0 fully saturated rings. The number of hydrogen-bond donors (Lipinski definition) is 0. The molecule has 0 aliphatic carbocycles. The monoisotopic (exact) mass is 186 g/mol. The van der Waals surface area contributed by atoms with Crippen LogP contribution in [-0.2, 0) is 9.57 Å². The molecule has 0 unspecified atom stereocenters. The molecule has 0 N–H and O–H groups in total. The molecule has 0 aliphatic heterocycles. The molecule has 0 amide bonds. The Hall–Kier alpha value is -1.03. The first-order valence-corrected chi connectivity index (χ1v) is 4.26. The lowest BCUT2D eigenvalue weighted by atomic mass is 10.5. The summed E-state index contributed by atoms with van der Waals surface area (Å²) < 4.78 is 4.81. The van der Waals surface area contributed by atoms with Crippen LogP contribution >= 0.6 is 0 Å². The van der Waals surface area contributed by atoms with Crippen LogP contribution in [0.3, 0.4) is 0 Å². The van der Waals surface area contributed by atoms with E-state index in [4.69, 9.17) is 9.57 Å². The zero-order chi connectivity index (χ0) is 10.3. The molecule has 0 rings (SSSR count). The van der Waals surface area contributed by atoms with Gasteiger partial charge in [-0.2, -0.15) is 4.99 Å². The molecule has 0 aromatic carbocycles. The normalized spacial score (nSPS) is 11.2. The summed E-state index contributed by atoms with van der Waals surface area (Å²) in [4.78, 5) is 9.35. The lowest BCUT2D eigenvalue weighted by Crippen LogP contribution is -2.25. The minimum Gasteiger partial charge on any atom is -0.481 e. The molecule has 0 heterocycles. The Morgan fingerprint density at radius 3 is 2.62 bits per heavy atom. The lowest BCUT2D eigenvalue weighted by molar-refractivity contribution is -0.0798. The van der Waals surface area contributed by atoms with Gasteiger partial charge in [-0.1, -0.05) is 6.92 Å². The van der Waals surface area contributed by atoms with Crippen LogP contribution in [0, 0.1) is 0 Å². The van der Waals surface area contributed by atoms with Crippen LogP contribution in [-0.4, -0.2) is 31.7 Å². The molecule has 0 aliphatic rings. The highest BCUT2D eigenvalue weighted by Gasteiger charge is 2.00. The van der Waals surface area contributed by atoms with Gasteiger partial charge in [-0.25, -0.2) is 5.06 Å². The van der Waals surface area contributed by atoms with Gasteiger partial charge in [0.1, 0.15) is 5.84 Å². The Labute approximate surface area is 79.8 Å². The first-order valence-electron chi connectivity index (χ1n) is 4.26. The minimum absolute atomic E-state index is 0.379. The summed E-state index contributed by atoms with van der Waals surface area (Å²) in [5.41, 5.74) is 0. The van der Waals surface area contributed by atoms with E-state index in [1.165, 1.54) is 7.11 Å². The molecule has 0 saturated carbocycles. The van der Waals surface area contributed by atoms with Crippen molar-refractivity contribution in [2.45, 2.75) is 20.3 Å². The van der Waals surface area contributed by atoms with Crippen molar-refractivity contribution in [1.29, 1.82) is 0 Å². The number of methoxy groups -OCH3 is 1. The number of aliphatic imine (C=N–C) groups is 1. The average Bonchev–Trinajstić information content (AvgIpc) is 2.13. The van der Waals surface area contributed by atoms with E-state index in [0.29, 0.717) is 12.5 Å². The molecule has 0 atom stereocenters. The third-order valence-electron chi connectivity index (χ3n) is 1.47. The van der Waals surface area contributed by atoms with Crippen molar-refractivity contribution >= 4 is 5.84 Å². The van der Waals surface area contributed by atoms with Crippen molar-refractivity contribution in [3.63, 3.8) is 0 Å². The fourth-order valence-electron chi connectivity index (χ4n) is 0.618. The largest absolute Gasteiger partial charge is 0.481 e. The van der Waals surface area contributed by atoms with E-state index in [-0.39, 0.29) is 0 Å². The van der Waals surface area contributed by atoms with E-state index >= 15 is 0 Å². The molecular formula is C9H18N2O2. The van der Waals surface area contributed by atoms with Crippen LogP contribution in [0.5, 0.6) is 0 Å². The Bertz CT molecular complexity index is 190. The van der Waals surface area contributed by atoms with Crippen LogP contribution in [0.2, 0.25) is 0 Å². The first kappa shape index (κ1) is 12.0. The molecule has 0 saturated heterocycles. The standard InChI is InChI=1S/C9H18N2O2/c1-6-7-13-11(4)8(2)10-9(3)12-5/h3,6-7H2,1-2,4-5H3/b10-8-. The minimum atomic E-state index is 0.379. The second-order valence-corrected chi connectivity index (χ2v) is 2.59. The van der Waals surface area contributed by atoms with Gasteiger partial charge in [0.15, 0.2) is 0 Å². The van der Waals surface area contributed by atoms with Gasteiger partial charge >= 0.3 is 0 Å². The van der Waals surface area contributed by atoms with Crippen LogP contribution in [0.15, 0.2) is 17.5 Å². The summed E-state index contributed by atoms with van der Waals surface area (Å²) in [5.74, 6) is 1.10. The highest BCUT2D eigenvalue weighted by atomic mass is 16.7. The van der Waals surface area contributed by atoms with Crippen LogP contribution < -0.4 is 0 Å². The maximum absolute atomic E-state index is 5.30. The average molecular weight is 186 g/mol. The second kappa shape index (κ2) is 6.48. The summed E-state index contributed by atoms with van der Waals surface area (Å²) in [7, 11) is 3.34. The van der Waals surface area contributed by atoms with Crippen molar-refractivity contribution in [3.8, 4) is 0 Å². The van der Waals surface area contributed by atoms with Gasteiger partial charge in [-0.05, 0) is 19.9 Å². The van der Waals surface area contributed by atoms with Crippen molar-refractivity contribution in [2.75, 3.05) is 20.8 Å². The van der Waals surface area contributed by atoms with Crippen molar-refractivity contribution in [1.82, 2.24) is 5.06 Å². The van der Waals surface area contributed by atoms with E-state index in [1.54, 1.807) is 12.1 Å². The predicted molar refractivity (Wildman–Crippen MR) is 53.3 cm³/mol. The summed E-state index contributed by atoms with van der Waals surface area (Å²) >= 11 is 0. The Balaban J connectivity index is 4.00. The molecule has 0 bridgehead atoms. The summed E-state index contributed by atoms with van der Waals surface area (Å²) in [5, 5.41) is 1.60. The molecule has 13 heavy (non-hydrogen) atoms. The van der Waals surface area contributed by atoms with Crippen molar-refractivity contribution in [2.24, 2.45) is 4.99 Å². The number of rotatable bonds is 5. The van der Waals surface area contributed by atoms with Crippen LogP contribution in [0.1, 0.15) is 20.3 Å². The number of ether oxygens (including phenoxy) is 1. The Kier molecular flexibility index (Phi) is 5.97. The van der Waals surface area contributed by atoms with Crippen molar-refractivity contribution < 1.29 is 9.57 Å². The second-order valence-electron chi connectivity index (χ2n) is 2.59. The molecular weight excluding hydrogens is 168 g/mol. The highest BCUT2D eigenvalue weighted by Crippen LogP contribution is 1.97. The third kappa shape index (κ3) is 5.25. The lowest BCUT2D eigenvalue weighted by Gasteiger charge is -2.17. The van der Waals surface area contributed by atoms with E-state index in [1.807, 2.05) is 6.92 Å². The smallest absolute Gasteiger partial charge is 0.207 e. The molecule has 4 nitrogen and oxygen atoms in total. The zero-order valence-electron chi connectivity index (χ0n) is 8.83. The van der Waals surface area contributed by atoms with Gasteiger partial charge in [0.05, 0.1) is 13.7 Å². The maximum atomic E-state index is 5.30. The SMILES string of the molecule is C=C(/N=C(/C)N(C)OCCC)OC. The number of amidine groups is 1. The van der Waals surface area contributed by atoms with E-state index in [9.17, 15) is 0 Å². The van der Waals surface area contributed by atoms with E-state index < -0.39 is 0 Å². The molecule has 76 valence electrons. The Morgan fingerprint density at radius 1 is 1.54 bits per heavy atom. The van der Waals surface area contributed by atoms with Crippen molar-refractivity contribution in [3.05, 3.63) is 12.5 Å². The number of nitrogens with zero attached hydrogens (tertiary/aromatic N) is 2. The van der Waals surface area contributed by atoms with E-state index in [0.717, 1.165) is 12.3 Å². The van der Waals surface area contributed by atoms with E-state index in [2.05, 4.69) is 18.5 Å². The number of hydrogen-bond acceptors (Lipinski definition) is 3. The molecule has 0 aromatic rings. The molecule has 0 spiro atoms. The molecule has 4 heteroatoms. The predicted octanol–water partition coefficient (Wildman–Crippen LogP) is 1.80. The third-order valence-corrected chi connectivity index (χ3v) is 1.47. The topological polar surface area (TPSA) is 34.1 Å². The van der Waals surface area contributed by atoms with Gasteiger partial charge in [0.2, 0.25) is 5.88 Å².